The van der Waals surface area contributed by atoms with E-state index in [0.29, 0.717) is 17.4 Å². The molecule has 0 radical (unpaired) electrons. The Labute approximate surface area is 133 Å². The van der Waals surface area contributed by atoms with Crippen LogP contribution in [0.2, 0.25) is 0 Å². The van der Waals surface area contributed by atoms with Crippen LogP contribution < -0.4 is 4.90 Å². The SMILES string of the molecule is CC(=O)C(C(C)=O)=C1SC(=O)C(=O)N1c1ccc(Br)cc1. The molecule has 0 saturated carbocycles. The minimum atomic E-state index is -0.766. The van der Waals surface area contributed by atoms with Crippen LogP contribution in [0, 0.1) is 0 Å². The predicted molar refractivity (Wildman–Crippen MR) is 82.6 cm³/mol. The van der Waals surface area contributed by atoms with E-state index >= 15 is 0 Å². The molecule has 1 fully saturated rings. The van der Waals surface area contributed by atoms with Crippen molar-refractivity contribution in [1.82, 2.24) is 0 Å². The zero-order valence-electron chi connectivity index (χ0n) is 11.2. The van der Waals surface area contributed by atoms with Crippen LogP contribution in [0.25, 0.3) is 0 Å². The first-order chi connectivity index (χ1) is 9.82. The van der Waals surface area contributed by atoms with Crippen LogP contribution in [0.15, 0.2) is 39.3 Å². The van der Waals surface area contributed by atoms with E-state index in [1.807, 2.05) is 0 Å². The number of allylic oxidation sites excluding steroid dienone is 1. The molecule has 7 heteroatoms. The number of thioether (sulfide) groups is 1. The molecule has 1 aliphatic rings. The van der Waals surface area contributed by atoms with E-state index in [2.05, 4.69) is 15.9 Å². The van der Waals surface area contributed by atoms with Gasteiger partial charge in [-0.2, -0.15) is 0 Å². The first kappa shape index (κ1) is 15.7. The number of ketones is 2. The fraction of sp³-hybridized carbons (Fsp3) is 0.143. The second kappa shape index (κ2) is 5.95. The molecule has 1 aliphatic heterocycles. The Balaban J connectivity index is 2.64. The lowest BCUT2D eigenvalue weighted by molar-refractivity contribution is -0.130. The third-order valence-corrected chi connectivity index (χ3v) is 4.24. The number of carbonyl (C=O) groups excluding carboxylic acids is 4. The fourth-order valence-electron chi connectivity index (χ4n) is 1.90. The van der Waals surface area contributed by atoms with Gasteiger partial charge in [-0.1, -0.05) is 15.9 Å². The molecule has 2 rings (SSSR count). The molecule has 0 atom stereocenters. The summed E-state index contributed by atoms with van der Waals surface area (Å²) in [5.74, 6) is -1.72. The summed E-state index contributed by atoms with van der Waals surface area (Å²) in [6.07, 6.45) is 0. The molecule has 0 spiro atoms. The van der Waals surface area contributed by atoms with Gasteiger partial charge in [-0.25, -0.2) is 0 Å². The van der Waals surface area contributed by atoms with E-state index in [0.717, 1.165) is 9.37 Å². The highest BCUT2D eigenvalue weighted by Gasteiger charge is 2.40. The predicted octanol–water partition coefficient (Wildman–Crippen LogP) is 2.45. The summed E-state index contributed by atoms with van der Waals surface area (Å²) in [7, 11) is 0. The van der Waals surface area contributed by atoms with Crippen molar-refractivity contribution >= 4 is 56.0 Å². The second-order valence-electron chi connectivity index (χ2n) is 4.30. The highest BCUT2D eigenvalue weighted by atomic mass is 79.9. The quantitative estimate of drug-likeness (QED) is 0.355. The maximum Gasteiger partial charge on any atom is 0.311 e. The number of Topliss-reactive ketones (excluding diaryl/α,β-unsaturated/α-hetero) is 2. The van der Waals surface area contributed by atoms with Gasteiger partial charge in [0.1, 0.15) is 5.03 Å². The summed E-state index contributed by atoms with van der Waals surface area (Å²) < 4.78 is 0.806. The van der Waals surface area contributed by atoms with Gasteiger partial charge in [0.25, 0.3) is 5.12 Å². The zero-order chi connectivity index (χ0) is 15.7. The van der Waals surface area contributed by atoms with Crippen LogP contribution in [0.4, 0.5) is 5.69 Å². The minimum Gasteiger partial charge on any atom is -0.294 e. The highest BCUT2D eigenvalue weighted by Crippen LogP contribution is 2.37. The van der Waals surface area contributed by atoms with Gasteiger partial charge in [-0.05, 0) is 49.9 Å². The van der Waals surface area contributed by atoms with E-state index in [-0.39, 0.29) is 10.6 Å². The molecule has 0 unspecified atom stereocenters. The van der Waals surface area contributed by atoms with Gasteiger partial charge in [0.05, 0.1) is 5.57 Å². The molecule has 0 N–H and O–H groups in total. The molecule has 1 aromatic carbocycles. The number of halogens is 1. The Hall–Kier alpha value is -1.73. The molecule has 5 nitrogen and oxygen atoms in total. The Kier molecular flexibility index (Phi) is 4.43. The monoisotopic (exact) mass is 367 g/mol. The third kappa shape index (κ3) is 2.98. The zero-order valence-corrected chi connectivity index (χ0v) is 13.6. The van der Waals surface area contributed by atoms with Gasteiger partial charge in [0.15, 0.2) is 11.6 Å². The molecule has 0 aromatic heterocycles. The largest absolute Gasteiger partial charge is 0.311 e. The van der Waals surface area contributed by atoms with Crippen LogP contribution in [0.5, 0.6) is 0 Å². The summed E-state index contributed by atoms with van der Waals surface area (Å²) in [5.41, 5.74) is 0.290. The number of nitrogens with zero attached hydrogens (tertiary/aromatic N) is 1. The average Bonchev–Trinajstić information content (AvgIpc) is 2.66. The van der Waals surface area contributed by atoms with Crippen LogP contribution >= 0.6 is 27.7 Å². The third-order valence-electron chi connectivity index (χ3n) is 2.77. The van der Waals surface area contributed by atoms with Crippen molar-refractivity contribution in [3.63, 3.8) is 0 Å². The summed E-state index contributed by atoms with van der Waals surface area (Å²) >= 11 is 3.88. The molecule has 1 amide bonds. The minimum absolute atomic E-state index is 0.0762. The Morgan fingerprint density at radius 2 is 1.57 bits per heavy atom. The number of hydrogen-bond acceptors (Lipinski definition) is 5. The molecular formula is C14H10BrNO4S. The second-order valence-corrected chi connectivity index (χ2v) is 6.18. The van der Waals surface area contributed by atoms with Gasteiger partial charge in [-0.3, -0.25) is 24.1 Å². The normalized spacial score (nSPS) is 14.6. The molecule has 1 aromatic rings. The van der Waals surface area contributed by atoms with E-state index in [4.69, 9.17) is 0 Å². The van der Waals surface area contributed by atoms with Crippen LogP contribution in [-0.4, -0.2) is 22.6 Å². The van der Waals surface area contributed by atoms with Gasteiger partial charge in [0.2, 0.25) is 0 Å². The lowest BCUT2D eigenvalue weighted by Crippen LogP contribution is -2.28. The lowest BCUT2D eigenvalue weighted by atomic mass is 10.1. The molecule has 0 aliphatic carbocycles. The van der Waals surface area contributed by atoms with Crippen molar-refractivity contribution in [2.24, 2.45) is 0 Å². The van der Waals surface area contributed by atoms with Crippen LogP contribution in [0.1, 0.15) is 13.8 Å². The van der Waals surface area contributed by atoms with Crippen molar-refractivity contribution < 1.29 is 19.2 Å². The number of benzene rings is 1. The highest BCUT2D eigenvalue weighted by molar-refractivity contribution is 9.10. The fourth-order valence-corrected chi connectivity index (χ4v) is 3.18. The Morgan fingerprint density at radius 1 is 1.05 bits per heavy atom. The molecule has 21 heavy (non-hydrogen) atoms. The number of anilines is 1. The maximum absolute atomic E-state index is 12.0. The van der Waals surface area contributed by atoms with Gasteiger partial charge >= 0.3 is 5.91 Å². The summed E-state index contributed by atoms with van der Waals surface area (Å²) in [6, 6.07) is 6.65. The standard InChI is InChI=1S/C14H10BrNO4S/c1-7(17)11(8(2)18)13-16(12(19)14(20)21-13)10-5-3-9(15)4-6-10/h3-6H,1-2H3. The van der Waals surface area contributed by atoms with Crippen molar-refractivity contribution in [2.75, 3.05) is 4.90 Å². The smallest absolute Gasteiger partial charge is 0.294 e. The average molecular weight is 368 g/mol. The Morgan fingerprint density at radius 3 is 2.05 bits per heavy atom. The first-order valence-electron chi connectivity index (χ1n) is 5.91. The van der Waals surface area contributed by atoms with Crippen LogP contribution in [0.3, 0.4) is 0 Å². The number of carbonyl (C=O) groups is 4. The Bertz CT molecular complexity index is 677. The van der Waals surface area contributed by atoms with E-state index in [9.17, 15) is 19.2 Å². The molecule has 108 valence electrons. The lowest BCUT2D eigenvalue weighted by Gasteiger charge is -2.18. The number of rotatable bonds is 3. The first-order valence-corrected chi connectivity index (χ1v) is 7.52. The number of amides is 1. The van der Waals surface area contributed by atoms with Crippen molar-refractivity contribution in [3.05, 3.63) is 39.3 Å². The van der Waals surface area contributed by atoms with Gasteiger partial charge in [-0.15, -0.1) is 0 Å². The van der Waals surface area contributed by atoms with Gasteiger partial charge in [0, 0.05) is 10.2 Å². The van der Waals surface area contributed by atoms with Crippen molar-refractivity contribution in [3.8, 4) is 0 Å². The van der Waals surface area contributed by atoms with E-state index in [1.165, 1.54) is 13.8 Å². The van der Waals surface area contributed by atoms with E-state index < -0.39 is 22.6 Å². The van der Waals surface area contributed by atoms with Gasteiger partial charge < -0.3 is 0 Å². The summed E-state index contributed by atoms with van der Waals surface area (Å²) in [5, 5.41) is -0.639. The molecular weight excluding hydrogens is 358 g/mol. The molecule has 1 saturated heterocycles. The number of hydrogen-bond donors (Lipinski definition) is 0. The van der Waals surface area contributed by atoms with E-state index in [1.54, 1.807) is 24.3 Å². The molecule has 1 heterocycles. The topological polar surface area (TPSA) is 71.5 Å². The molecule has 0 bridgehead atoms. The van der Waals surface area contributed by atoms with Crippen LogP contribution in [-0.2, 0) is 19.2 Å². The summed E-state index contributed by atoms with van der Waals surface area (Å²) in [6.45, 7) is 2.47. The van der Waals surface area contributed by atoms with Crippen molar-refractivity contribution in [2.45, 2.75) is 13.8 Å². The maximum atomic E-state index is 12.0. The van der Waals surface area contributed by atoms with Crippen molar-refractivity contribution in [1.29, 1.82) is 0 Å². The summed E-state index contributed by atoms with van der Waals surface area (Å²) in [4.78, 5) is 48.2.